The van der Waals surface area contributed by atoms with Crippen molar-refractivity contribution in [2.75, 3.05) is 0 Å². The lowest BCUT2D eigenvalue weighted by Gasteiger charge is -2.06. The highest BCUT2D eigenvalue weighted by Gasteiger charge is 2.12. The molecule has 28 heavy (non-hydrogen) atoms. The van der Waals surface area contributed by atoms with Crippen molar-refractivity contribution >= 4 is 11.7 Å². The van der Waals surface area contributed by atoms with Gasteiger partial charge in [-0.2, -0.15) is 4.98 Å². The first-order valence-electron chi connectivity index (χ1n) is 8.91. The van der Waals surface area contributed by atoms with Crippen LogP contribution in [-0.4, -0.2) is 40.0 Å². The van der Waals surface area contributed by atoms with Gasteiger partial charge < -0.3 is 5.32 Å². The van der Waals surface area contributed by atoms with E-state index in [1.54, 1.807) is 16.9 Å². The minimum Gasteiger partial charge on any atom is -0.352 e. The number of carbonyl (C=O) groups is 1. The second-order valence-electron chi connectivity index (χ2n) is 6.60. The molecular weight excluding hydrogens is 356 g/mol. The summed E-state index contributed by atoms with van der Waals surface area (Å²) in [5, 5.41) is 7.23. The van der Waals surface area contributed by atoms with Crippen LogP contribution in [0.3, 0.4) is 0 Å². The normalized spacial score (nSPS) is 11.1. The van der Waals surface area contributed by atoms with Gasteiger partial charge in [0.25, 0.3) is 5.78 Å². The molecule has 0 spiro atoms. The van der Waals surface area contributed by atoms with Crippen LogP contribution in [0.4, 0.5) is 0 Å². The third kappa shape index (κ3) is 3.59. The second kappa shape index (κ2) is 7.18. The first-order chi connectivity index (χ1) is 13.5. The molecule has 0 aliphatic rings. The summed E-state index contributed by atoms with van der Waals surface area (Å²) in [6.45, 7) is 6.14. The number of nitrogens with one attached hydrogen (secondary N) is 1. The number of pyridine rings is 1. The standard InChI is InChI=1S/C19H20N8O/c1-12-8-13(2)27-19(23-12)24-16(25-27)9-18(28)22-11-15-4-5-17(21-10-15)26-7-6-20-14(26)3/h4-8,10H,9,11H2,1-3H3,(H,22,28). The monoisotopic (exact) mass is 376 g/mol. The molecule has 0 fully saturated rings. The fourth-order valence-electron chi connectivity index (χ4n) is 2.97. The van der Waals surface area contributed by atoms with E-state index in [2.05, 4.69) is 30.4 Å². The van der Waals surface area contributed by atoms with Gasteiger partial charge >= 0.3 is 0 Å². The molecule has 4 rings (SSSR count). The fraction of sp³-hybridized carbons (Fsp3) is 0.263. The van der Waals surface area contributed by atoms with Crippen molar-refractivity contribution in [3.05, 3.63) is 65.4 Å². The number of aromatic nitrogens is 7. The molecule has 4 aromatic heterocycles. The largest absolute Gasteiger partial charge is 0.352 e. The van der Waals surface area contributed by atoms with E-state index in [-0.39, 0.29) is 12.3 Å². The Hall–Kier alpha value is -3.62. The molecule has 0 unspecified atom stereocenters. The number of carbonyl (C=O) groups excluding carboxylic acids is 1. The quantitative estimate of drug-likeness (QED) is 0.566. The molecule has 0 saturated heterocycles. The zero-order valence-electron chi connectivity index (χ0n) is 15.9. The van der Waals surface area contributed by atoms with Gasteiger partial charge in [-0.3, -0.25) is 9.36 Å². The Morgan fingerprint density at radius 2 is 2.00 bits per heavy atom. The smallest absolute Gasteiger partial charge is 0.252 e. The molecule has 0 atom stereocenters. The van der Waals surface area contributed by atoms with Crippen molar-refractivity contribution in [1.82, 2.24) is 39.4 Å². The molecule has 142 valence electrons. The van der Waals surface area contributed by atoms with Crippen LogP contribution in [-0.2, 0) is 17.8 Å². The van der Waals surface area contributed by atoms with Gasteiger partial charge in [-0.15, -0.1) is 5.10 Å². The van der Waals surface area contributed by atoms with Gasteiger partial charge in [0.05, 0.1) is 6.42 Å². The van der Waals surface area contributed by atoms with Gasteiger partial charge in [-0.05, 0) is 38.5 Å². The SMILES string of the molecule is Cc1cc(C)n2nc(CC(=O)NCc3ccc(-n4ccnc4C)nc3)nc2n1. The third-order valence-corrected chi connectivity index (χ3v) is 4.35. The van der Waals surface area contributed by atoms with Crippen molar-refractivity contribution in [1.29, 1.82) is 0 Å². The highest BCUT2D eigenvalue weighted by molar-refractivity contribution is 5.77. The van der Waals surface area contributed by atoms with E-state index in [9.17, 15) is 4.79 Å². The van der Waals surface area contributed by atoms with E-state index < -0.39 is 0 Å². The molecule has 4 aromatic rings. The van der Waals surface area contributed by atoms with Gasteiger partial charge in [0.15, 0.2) is 5.82 Å². The average molecular weight is 376 g/mol. The summed E-state index contributed by atoms with van der Waals surface area (Å²) in [7, 11) is 0. The zero-order chi connectivity index (χ0) is 19.7. The maximum absolute atomic E-state index is 12.3. The average Bonchev–Trinajstić information content (AvgIpc) is 3.26. The lowest BCUT2D eigenvalue weighted by molar-refractivity contribution is -0.120. The summed E-state index contributed by atoms with van der Waals surface area (Å²) in [6, 6.07) is 5.76. The van der Waals surface area contributed by atoms with Crippen molar-refractivity contribution in [3.63, 3.8) is 0 Å². The number of rotatable bonds is 5. The summed E-state index contributed by atoms with van der Waals surface area (Å²) < 4.78 is 3.55. The number of amides is 1. The summed E-state index contributed by atoms with van der Waals surface area (Å²) in [5.74, 6) is 2.46. The predicted molar refractivity (Wildman–Crippen MR) is 102 cm³/mol. The van der Waals surface area contributed by atoms with E-state index in [0.29, 0.717) is 18.1 Å². The van der Waals surface area contributed by atoms with Crippen LogP contribution in [0.1, 0.15) is 28.6 Å². The maximum atomic E-state index is 12.3. The topological polar surface area (TPSA) is 103 Å². The molecule has 1 N–H and O–H groups in total. The number of hydrogen-bond donors (Lipinski definition) is 1. The Kier molecular flexibility index (Phi) is 4.56. The molecule has 4 heterocycles. The highest BCUT2D eigenvalue weighted by atomic mass is 16.1. The van der Waals surface area contributed by atoms with E-state index in [1.165, 1.54) is 0 Å². The zero-order valence-corrected chi connectivity index (χ0v) is 15.9. The van der Waals surface area contributed by atoms with Gasteiger partial charge in [-0.1, -0.05) is 6.07 Å². The van der Waals surface area contributed by atoms with Gasteiger partial charge in [0, 0.05) is 36.5 Å². The van der Waals surface area contributed by atoms with Crippen molar-refractivity contribution in [3.8, 4) is 5.82 Å². The van der Waals surface area contributed by atoms with Crippen LogP contribution in [0.2, 0.25) is 0 Å². The minimum atomic E-state index is -0.153. The van der Waals surface area contributed by atoms with E-state index in [0.717, 1.165) is 28.6 Å². The van der Waals surface area contributed by atoms with Gasteiger partial charge in [0.1, 0.15) is 11.6 Å². The molecule has 0 aliphatic carbocycles. The number of hydrogen-bond acceptors (Lipinski definition) is 6. The second-order valence-corrected chi connectivity index (χ2v) is 6.60. The van der Waals surface area contributed by atoms with Crippen molar-refractivity contribution < 1.29 is 4.79 Å². The number of nitrogens with zero attached hydrogens (tertiary/aromatic N) is 7. The third-order valence-electron chi connectivity index (χ3n) is 4.35. The summed E-state index contributed by atoms with van der Waals surface area (Å²) in [4.78, 5) is 29.5. The van der Waals surface area contributed by atoms with E-state index in [4.69, 9.17) is 0 Å². The Balaban J connectivity index is 1.38. The van der Waals surface area contributed by atoms with Crippen LogP contribution >= 0.6 is 0 Å². The Morgan fingerprint density at radius 3 is 2.71 bits per heavy atom. The molecule has 0 bridgehead atoms. The molecular formula is C19H20N8O. The van der Waals surface area contributed by atoms with Crippen molar-refractivity contribution in [2.24, 2.45) is 0 Å². The van der Waals surface area contributed by atoms with Crippen LogP contribution < -0.4 is 5.32 Å². The maximum Gasteiger partial charge on any atom is 0.252 e. The van der Waals surface area contributed by atoms with Crippen LogP contribution in [0, 0.1) is 20.8 Å². The Labute approximate surface area is 161 Å². The number of aryl methyl sites for hydroxylation is 3. The predicted octanol–water partition coefficient (Wildman–Crippen LogP) is 1.49. The van der Waals surface area contributed by atoms with Gasteiger partial charge in [-0.25, -0.2) is 19.5 Å². The highest BCUT2D eigenvalue weighted by Crippen LogP contribution is 2.09. The van der Waals surface area contributed by atoms with Gasteiger partial charge in [0.2, 0.25) is 5.91 Å². The fourth-order valence-corrected chi connectivity index (χ4v) is 2.97. The van der Waals surface area contributed by atoms with Crippen LogP contribution in [0.15, 0.2) is 36.8 Å². The van der Waals surface area contributed by atoms with E-state index in [1.807, 2.05) is 49.7 Å². The molecule has 9 nitrogen and oxygen atoms in total. The molecule has 9 heteroatoms. The summed E-state index contributed by atoms with van der Waals surface area (Å²) >= 11 is 0. The number of imidazole rings is 1. The first-order valence-corrected chi connectivity index (χ1v) is 8.91. The summed E-state index contributed by atoms with van der Waals surface area (Å²) in [5.41, 5.74) is 2.71. The van der Waals surface area contributed by atoms with E-state index >= 15 is 0 Å². The lowest BCUT2D eigenvalue weighted by Crippen LogP contribution is -2.25. The lowest BCUT2D eigenvalue weighted by atomic mass is 10.2. The molecule has 0 saturated carbocycles. The molecule has 0 radical (unpaired) electrons. The van der Waals surface area contributed by atoms with Crippen LogP contribution in [0.5, 0.6) is 0 Å². The minimum absolute atomic E-state index is 0.0988. The molecule has 0 aliphatic heterocycles. The van der Waals surface area contributed by atoms with Crippen molar-refractivity contribution in [2.45, 2.75) is 33.7 Å². The summed E-state index contributed by atoms with van der Waals surface area (Å²) in [6.07, 6.45) is 5.44. The number of fused-ring (bicyclic) bond motifs is 1. The Morgan fingerprint density at radius 1 is 1.14 bits per heavy atom. The Bertz CT molecular complexity index is 1140. The first kappa shape index (κ1) is 17.8. The molecule has 1 amide bonds. The van der Waals surface area contributed by atoms with Crippen LogP contribution in [0.25, 0.3) is 11.6 Å². The molecule has 0 aromatic carbocycles.